The molecule has 0 aliphatic heterocycles. The van der Waals surface area contributed by atoms with Gasteiger partial charge < -0.3 is 5.73 Å². The average Bonchev–Trinajstić information content (AvgIpc) is 2.57. The number of nitrogen functional groups attached to an aromatic ring is 1. The minimum Gasteiger partial charge on any atom is -0.374 e. The highest BCUT2D eigenvalue weighted by Crippen LogP contribution is 2.28. The molecule has 0 spiro atoms. The minimum atomic E-state index is 0.469. The first-order valence-corrected chi connectivity index (χ1v) is 5.22. The minimum absolute atomic E-state index is 0.469. The van der Waals surface area contributed by atoms with Crippen LogP contribution >= 0.6 is 22.9 Å². The lowest BCUT2D eigenvalue weighted by Crippen LogP contribution is -1.81. The zero-order valence-electron chi connectivity index (χ0n) is 7.49. The Morgan fingerprint density at radius 2 is 2.14 bits per heavy atom. The highest BCUT2D eigenvalue weighted by Gasteiger charge is 2.05. The molecule has 72 valence electrons. The lowest BCUT2D eigenvalue weighted by Gasteiger charge is -1.99. The zero-order valence-corrected chi connectivity index (χ0v) is 9.06. The summed E-state index contributed by atoms with van der Waals surface area (Å²) in [5.74, 6) is 0. The topological polar surface area (TPSA) is 51.8 Å². The van der Waals surface area contributed by atoms with Crippen molar-refractivity contribution in [2.24, 2.45) is 0 Å². The third-order valence-electron chi connectivity index (χ3n) is 1.86. The van der Waals surface area contributed by atoms with Crippen LogP contribution in [0, 0.1) is 6.92 Å². The second kappa shape index (κ2) is 3.55. The van der Waals surface area contributed by atoms with Crippen LogP contribution in [0.3, 0.4) is 0 Å². The Morgan fingerprint density at radius 3 is 2.71 bits per heavy atom. The van der Waals surface area contributed by atoms with Gasteiger partial charge in [0.2, 0.25) is 5.13 Å². The molecule has 0 radical (unpaired) electrons. The van der Waals surface area contributed by atoms with E-state index in [-0.39, 0.29) is 0 Å². The lowest BCUT2D eigenvalue weighted by atomic mass is 10.2. The highest BCUT2D eigenvalue weighted by molar-refractivity contribution is 7.18. The van der Waals surface area contributed by atoms with Gasteiger partial charge in [-0.1, -0.05) is 35.1 Å². The molecule has 3 nitrogen and oxygen atoms in total. The van der Waals surface area contributed by atoms with Crippen LogP contribution in [-0.4, -0.2) is 10.2 Å². The number of halogens is 1. The van der Waals surface area contributed by atoms with Gasteiger partial charge in [-0.25, -0.2) is 0 Å². The van der Waals surface area contributed by atoms with Crippen molar-refractivity contribution in [2.45, 2.75) is 6.92 Å². The number of benzene rings is 1. The van der Waals surface area contributed by atoms with Crippen molar-refractivity contribution in [3.05, 3.63) is 28.8 Å². The molecule has 2 aromatic rings. The van der Waals surface area contributed by atoms with Crippen LogP contribution in [0.5, 0.6) is 0 Å². The number of aryl methyl sites for hydroxylation is 1. The third kappa shape index (κ3) is 1.71. The number of hydrogen-bond acceptors (Lipinski definition) is 4. The molecule has 1 aromatic heterocycles. The Balaban J connectivity index is 2.47. The van der Waals surface area contributed by atoms with Gasteiger partial charge in [0.25, 0.3) is 0 Å². The summed E-state index contributed by atoms with van der Waals surface area (Å²) in [6.07, 6.45) is 0. The monoisotopic (exact) mass is 225 g/mol. The predicted octanol–water partition coefficient (Wildman–Crippen LogP) is 2.75. The van der Waals surface area contributed by atoms with E-state index in [1.165, 1.54) is 11.3 Å². The fourth-order valence-electron chi connectivity index (χ4n) is 1.08. The smallest absolute Gasteiger partial charge is 0.203 e. The fraction of sp³-hybridized carbons (Fsp3) is 0.111. The van der Waals surface area contributed by atoms with E-state index in [0.717, 1.165) is 21.2 Å². The molecule has 0 atom stereocenters. The standard InChI is InChI=1S/C9H8ClN3S/c1-5-2-3-6(4-7(5)10)8-12-13-9(11)14-8/h2-4H,1H3,(H2,11,13). The summed E-state index contributed by atoms with van der Waals surface area (Å²) >= 11 is 7.35. The van der Waals surface area contributed by atoms with Crippen LogP contribution < -0.4 is 5.73 Å². The first-order valence-electron chi connectivity index (χ1n) is 4.02. The summed E-state index contributed by atoms with van der Waals surface area (Å²) in [7, 11) is 0. The van der Waals surface area contributed by atoms with Crippen LogP contribution in [0.25, 0.3) is 10.6 Å². The summed E-state index contributed by atoms with van der Waals surface area (Å²) in [5.41, 5.74) is 7.50. The van der Waals surface area contributed by atoms with Crippen LogP contribution in [0.4, 0.5) is 5.13 Å². The maximum atomic E-state index is 6.00. The molecule has 1 heterocycles. The van der Waals surface area contributed by atoms with Crippen molar-refractivity contribution in [3.63, 3.8) is 0 Å². The van der Waals surface area contributed by atoms with Gasteiger partial charge in [0.05, 0.1) is 0 Å². The van der Waals surface area contributed by atoms with Gasteiger partial charge in [0.1, 0.15) is 5.01 Å². The lowest BCUT2D eigenvalue weighted by molar-refractivity contribution is 1.10. The second-order valence-corrected chi connectivity index (χ2v) is 4.33. The molecule has 14 heavy (non-hydrogen) atoms. The molecule has 0 saturated carbocycles. The Labute approximate surface area is 90.5 Å². The molecular weight excluding hydrogens is 218 g/mol. The van der Waals surface area contributed by atoms with E-state index in [9.17, 15) is 0 Å². The first-order chi connectivity index (χ1) is 6.66. The summed E-state index contributed by atoms with van der Waals surface area (Å²) in [4.78, 5) is 0. The van der Waals surface area contributed by atoms with Gasteiger partial charge in [-0.15, -0.1) is 10.2 Å². The number of hydrogen-bond donors (Lipinski definition) is 1. The summed E-state index contributed by atoms with van der Waals surface area (Å²) in [6.45, 7) is 1.96. The van der Waals surface area contributed by atoms with Gasteiger partial charge in [0.15, 0.2) is 0 Å². The van der Waals surface area contributed by atoms with Crippen molar-refractivity contribution in [1.82, 2.24) is 10.2 Å². The first kappa shape index (κ1) is 9.43. The molecule has 1 aromatic carbocycles. The quantitative estimate of drug-likeness (QED) is 0.812. The number of rotatable bonds is 1. The van der Waals surface area contributed by atoms with Crippen LogP contribution in [-0.2, 0) is 0 Å². The maximum Gasteiger partial charge on any atom is 0.203 e. The normalized spacial score (nSPS) is 10.4. The van der Waals surface area contributed by atoms with Crippen LogP contribution in [0.1, 0.15) is 5.56 Å². The van der Waals surface area contributed by atoms with E-state index in [4.69, 9.17) is 17.3 Å². The zero-order chi connectivity index (χ0) is 10.1. The van der Waals surface area contributed by atoms with Crippen LogP contribution in [0.2, 0.25) is 5.02 Å². The largest absolute Gasteiger partial charge is 0.374 e. The SMILES string of the molecule is Cc1ccc(-c2nnc(N)s2)cc1Cl. The van der Waals surface area contributed by atoms with E-state index < -0.39 is 0 Å². The molecule has 2 rings (SSSR count). The molecule has 5 heteroatoms. The summed E-state index contributed by atoms with van der Waals surface area (Å²) in [6, 6.07) is 5.78. The number of anilines is 1. The van der Waals surface area contributed by atoms with Crippen molar-refractivity contribution in [1.29, 1.82) is 0 Å². The molecule has 0 unspecified atom stereocenters. The van der Waals surface area contributed by atoms with Crippen molar-refractivity contribution in [3.8, 4) is 10.6 Å². The average molecular weight is 226 g/mol. The molecule has 0 aliphatic rings. The Kier molecular flexibility index (Phi) is 2.39. The van der Waals surface area contributed by atoms with Gasteiger partial charge in [-0.3, -0.25) is 0 Å². The number of nitrogens with zero attached hydrogens (tertiary/aromatic N) is 2. The van der Waals surface area contributed by atoms with Crippen molar-refractivity contribution < 1.29 is 0 Å². The summed E-state index contributed by atoms with van der Waals surface area (Å²) < 4.78 is 0. The molecule has 0 bridgehead atoms. The molecule has 0 aliphatic carbocycles. The van der Waals surface area contributed by atoms with E-state index in [1.807, 2.05) is 25.1 Å². The maximum absolute atomic E-state index is 6.00. The van der Waals surface area contributed by atoms with E-state index >= 15 is 0 Å². The van der Waals surface area contributed by atoms with Crippen LogP contribution in [0.15, 0.2) is 18.2 Å². The van der Waals surface area contributed by atoms with Crippen molar-refractivity contribution >= 4 is 28.1 Å². The van der Waals surface area contributed by atoms with E-state index in [0.29, 0.717) is 5.13 Å². The number of aromatic nitrogens is 2. The Morgan fingerprint density at radius 1 is 1.36 bits per heavy atom. The van der Waals surface area contributed by atoms with Gasteiger partial charge in [-0.05, 0) is 18.6 Å². The van der Waals surface area contributed by atoms with Gasteiger partial charge >= 0.3 is 0 Å². The third-order valence-corrected chi connectivity index (χ3v) is 3.07. The second-order valence-electron chi connectivity index (χ2n) is 2.91. The molecular formula is C9H8ClN3S. The van der Waals surface area contributed by atoms with Gasteiger partial charge in [-0.2, -0.15) is 0 Å². The van der Waals surface area contributed by atoms with Crippen molar-refractivity contribution in [2.75, 3.05) is 5.73 Å². The Bertz CT molecular complexity index is 467. The molecule has 0 fully saturated rings. The number of nitrogens with two attached hydrogens (primary N) is 1. The summed E-state index contributed by atoms with van der Waals surface area (Å²) in [5, 5.41) is 9.69. The highest BCUT2D eigenvalue weighted by atomic mass is 35.5. The fourth-order valence-corrected chi connectivity index (χ4v) is 1.86. The van der Waals surface area contributed by atoms with E-state index in [2.05, 4.69) is 10.2 Å². The molecule has 0 saturated heterocycles. The predicted molar refractivity (Wildman–Crippen MR) is 59.5 cm³/mol. The van der Waals surface area contributed by atoms with E-state index in [1.54, 1.807) is 0 Å². The Hall–Kier alpha value is -1.13. The molecule has 0 amide bonds. The van der Waals surface area contributed by atoms with Gasteiger partial charge in [0, 0.05) is 10.6 Å². The molecule has 2 N–H and O–H groups in total.